The molecule has 9 aromatic carbocycles. The molecule has 0 bridgehead atoms. The van der Waals surface area contributed by atoms with E-state index in [0.717, 1.165) is 0 Å². The zero-order valence-electron chi connectivity index (χ0n) is 32.6. The van der Waals surface area contributed by atoms with Gasteiger partial charge in [-0.15, -0.1) is 0 Å². The van der Waals surface area contributed by atoms with E-state index in [4.69, 9.17) is 3.96 Å². The summed E-state index contributed by atoms with van der Waals surface area (Å²) in [5.74, 6) is 0. The minimum absolute atomic E-state index is 1.30. The van der Waals surface area contributed by atoms with Crippen LogP contribution in [0.2, 0.25) is 0 Å². The molecule has 9 aromatic rings. The van der Waals surface area contributed by atoms with E-state index in [0.29, 0.717) is 0 Å². The van der Waals surface area contributed by atoms with Crippen molar-refractivity contribution in [2.45, 2.75) is 0 Å². The molecule has 2 N–H and O–H groups in total. The van der Waals surface area contributed by atoms with Crippen LogP contribution in [0.5, 0.6) is 0 Å². The summed E-state index contributed by atoms with van der Waals surface area (Å²) in [6.45, 7) is 0. The molecule has 0 aromatic heterocycles. The molecule has 0 aliphatic carbocycles. The predicted molar refractivity (Wildman–Crippen MR) is 256 cm³/mol. The monoisotopic (exact) mass is 1070 g/mol. The van der Waals surface area contributed by atoms with Crippen molar-refractivity contribution in [3.63, 3.8) is 0 Å². The SMILES string of the molecule is [NH2][Sn]([c]1ccccc1)([c]1ccccc1)[c]1ccccc1.c1cc[c]([Sn]([c]2ccccc2)[c]2ccccc2)cc1.c1cc[c]([Sn]([c]2ccccc2)[c]2ccccc2)cc1. The fourth-order valence-corrected chi connectivity index (χ4v) is 30.9. The Morgan fingerprint density at radius 1 is 0.207 bits per heavy atom. The maximum atomic E-state index is 7.07. The molecule has 58 heavy (non-hydrogen) atoms. The van der Waals surface area contributed by atoms with Crippen LogP contribution < -0.4 is 36.2 Å². The van der Waals surface area contributed by atoms with Gasteiger partial charge in [0.2, 0.25) is 0 Å². The molecule has 0 saturated carbocycles. The standard InChI is InChI=1S/9C6H5.H2N.3Sn/c9*1-2-4-6-5-3-1;;;;/h9*1-5H;1H2;;;/q;;;;;;;;;-1;;;+1. The van der Waals surface area contributed by atoms with Gasteiger partial charge in [-0.05, 0) is 0 Å². The second-order valence-electron chi connectivity index (χ2n) is 13.9. The summed E-state index contributed by atoms with van der Waals surface area (Å²) in [5, 5.41) is 0. The quantitative estimate of drug-likeness (QED) is 0.176. The van der Waals surface area contributed by atoms with Crippen molar-refractivity contribution in [1.29, 1.82) is 0 Å². The summed E-state index contributed by atoms with van der Waals surface area (Å²) in [6, 6.07) is 97.6. The normalized spacial score (nSPS) is 10.8. The summed E-state index contributed by atoms with van der Waals surface area (Å²) in [6.07, 6.45) is 0. The van der Waals surface area contributed by atoms with E-state index in [1.54, 1.807) is 0 Å². The number of hydrogen-bond acceptors (Lipinski definition) is 1. The molecule has 0 amide bonds. The van der Waals surface area contributed by atoms with Gasteiger partial charge in [0.25, 0.3) is 0 Å². The van der Waals surface area contributed by atoms with Gasteiger partial charge in [0.1, 0.15) is 0 Å². The van der Waals surface area contributed by atoms with Gasteiger partial charge in [-0.3, -0.25) is 0 Å². The van der Waals surface area contributed by atoms with Crippen LogP contribution in [0.4, 0.5) is 0 Å². The molecule has 0 aliphatic rings. The number of nitrogens with two attached hydrogens (primary N) is 1. The Kier molecular flexibility index (Phi) is 15.7. The van der Waals surface area contributed by atoms with E-state index >= 15 is 0 Å². The molecule has 0 saturated heterocycles. The predicted octanol–water partition coefficient (Wildman–Crippen LogP) is 6.02. The van der Waals surface area contributed by atoms with Crippen LogP contribution in [0.3, 0.4) is 0 Å². The molecular formula is C54H47NSn3. The number of benzene rings is 9. The Bertz CT molecular complexity index is 2070. The van der Waals surface area contributed by atoms with Gasteiger partial charge < -0.3 is 0 Å². The van der Waals surface area contributed by atoms with Gasteiger partial charge in [0.05, 0.1) is 0 Å². The summed E-state index contributed by atoms with van der Waals surface area (Å²) >= 11 is -7.24. The molecule has 0 unspecified atom stereocenters. The van der Waals surface area contributed by atoms with Gasteiger partial charge in [0.15, 0.2) is 0 Å². The molecule has 0 heterocycles. The average molecular weight is 1070 g/mol. The van der Waals surface area contributed by atoms with Gasteiger partial charge in [-0.25, -0.2) is 0 Å². The van der Waals surface area contributed by atoms with Gasteiger partial charge in [0, 0.05) is 0 Å². The van der Waals surface area contributed by atoms with E-state index in [1.807, 2.05) is 18.2 Å². The third kappa shape index (κ3) is 10.9. The van der Waals surface area contributed by atoms with Gasteiger partial charge in [-0.2, -0.15) is 0 Å². The van der Waals surface area contributed by atoms with Crippen LogP contribution in [-0.2, 0) is 0 Å². The first-order valence-electron chi connectivity index (χ1n) is 19.7. The molecule has 0 spiro atoms. The van der Waals surface area contributed by atoms with Crippen LogP contribution in [-0.4, -0.2) is 58.2 Å². The Labute approximate surface area is 363 Å². The van der Waals surface area contributed by atoms with Gasteiger partial charge in [-0.1, -0.05) is 0 Å². The van der Waals surface area contributed by atoms with E-state index in [1.165, 1.54) is 32.2 Å². The number of rotatable bonds is 9. The van der Waals surface area contributed by atoms with Crippen molar-refractivity contribution >= 4 is 90.4 Å². The topological polar surface area (TPSA) is 26.0 Å². The summed E-state index contributed by atoms with van der Waals surface area (Å²) in [7, 11) is 0. The molecule has 0 aliphatic heterocycles. The Balaban J connectivity index is 0.000000132. The number of hydrogen-bond donors (Lipinski definition) is 1. The van der Waals surface area contributed by atoms with Crippen LogP contribution >= 0.6 is 0 Å². The Hall–Kier alpha value is -4.66. The second kappa shape index (κ2) is 21.9. The van der Waals surface area contributed by atoms with E-state index < -0.39 is 58.2 Å². The van der Waals surface area contributed by atoms with Crippen molar-refractivity contribution < 1.29 is 0 Å². The molecule has 0 fully saturated rings. The van der Waals surface area contributed by atoms with Crippen molar-refractivity contribution in [2.24, 2.45) is 3.96 Å². The van der Waals surface area contributed by atoms with E-state index in [2.05, 4.69) is 255 Å². The Morgan fingerprint density at radius 2 is 0.345 bits per heavy atom. The first-order valence-corrected chi connectivity index (χ1v) is 34.2. The minimum atomic E-state index is -3.28. The fraction of sp³-hybridized carbons (Fsp3) is 0. The average Bonchev–Trinajstić information content (AvgIpc) is 3.32. The van der Waals surface area contributed by atoms with Crippen molar-refractivity contribution in [3.05, 3.63) is 273 Å². The molecule has 1 nitrogen and oxygen atoms in total. The van der Waals surface area contributed by atoms with Crippen LogP contribution in [0.15, 0.2) is 273 Å². The maximum absolute atomic E-state index is 7.07. The third-order valence-corrected chi connectivity index (χ3v) is 36.3. The first-order chi connectivity index (χ1) is 28.7. The zero-order chi connectivity index (χ0) is 39.7. The van der Waals surface area contributed by atoms with Crippen molar-refractivity contribution in [1.82, 2.24) is 0 Å². The van der Waals surface area contributed by atoms with Crippen molar-refractivity contribution in [3.8, 4) is 0 Å². The van der Waals surface area contributed by atoms with Crippen molar-refractivity contribution in [2.75, 3.05) is 0 Å². The molecule has 0 atom stereocenters. The molecule has 4 heteroatoms. The van der Waals surface area contributed by atoms with E-state index in [-0.39, 0.29) is 0 Å². The second-order valence-corrected chi connectivity index (χ2v) is 37.6. The fourth-order valence-electron chi connectivity index (χ4n) is 7.23. The van der Waals surface area contributed by atoms with Crippen LogP contribution in [0.25, 0.3) is 0 Å². The van der Waals surface area contributed by atoms with E-state index in [9.17, 15) is 0 Å². The molecule has 280 valence electrons. The Morgan fingerprint density at radius 3 is 0.500 bits per heavy atom. The first kappa shape index (κ1) is 41.5. The summed E-state index contributed by atoms with van der Waals surface area (Å²) in [5.41, 5.74) is 0. The van der Waals surface area contributed by atoms with Crippen LogP contribution in [0.1, 0.15) is 0 Å². The van der Waals surface area contributed by atoms with Gasteiger partial charge >= 0.3 is 367 Å². The molecule has 2 radical (unpaired) electrons. The van der Waals surface area contributed by atoms with Crippen LogP contribution in [0, 0.1) is 0 Å². The third-order valence-electron chi connectivity index (χ3n) is 10.1. The zero-order valence-corrected chi connectivity index (χ0v) is 41.1. The summed E-state index contributed by atoms with van der Waals surface area (Å²) < 4.78 is 20.2. The molecular weight excluding hydrogens is 1020 g/mol. The molecule has 9 rings (SSSR count). The summed E-state index contributed by atoms with van der Waals surface area (Å²) in [4.78, 5) is 0.